The van der Waals surface area contributed by atoms with Crippen molar-refractivity contribution in [2.45, 2.75) is 11.2 Å². The van der Waals surface area contributed by atoms with Crippen LogP contribution in [0.15, 0.2) is 41.3 Å². The molecular weight excluding hydrogens is 342 g/mol. The van der Waals surface area contributed by atoms with Crippen LogP contribution < -0.4 is 14.2 Å². The number of hydrogen-bond donors (Lipinski definition) is 1. The van der Waals surface area contributed by atoms with E-state index in [2.05, 4.69) is 9.47 Å². The summed E-state index contributed by atoms with van der Waals surface area (Å²) in [5.41, 5.74) is -0.186. The molecule has 1 N–H and O–H groups in total. The number of benzene rings is 2. The van der Waals surface area contributed by atoms with E-state index >= 15 is 0 Å². The van der Waals surface area contributed by atoms with Crippen molar-refractivity contribution < 1.29 is 35.5 Å². The van der Waals surface area contributed by atoms with Gasteiger partial charge in [0.1, 0.15) is 16.5 Å². The molecule has 0 unspecified atom stereocenters. The lowest BCUT2D eigenvalue weighted by Gasteiger charge is -2.09. The van der Waals surface area contributed by atoms with Crippen molar-refractivity contribution >= 4 is 15.7 Å². The molecule has 0 saturated heterocycles. The van der Waals surface area contributed by atoms with Crippen LogP contribution in [-0.2, 0) is 10.0 Å². The number of anilines is 1. The third kappa shape index (κ3) is 3.02. The van der Waals surface area contributed by atoms with Gasteiger partial charge in [0, 0.05) is 6.07 Å². The van der Waals surface area contributed by atoms with Crippen LogP contribution in [-0.4, -0.2) is 14.7 Å². The number of fused-ring (bicyclic) bond motifs is 1. The lowest BCUT2D eigenvalue weighted by molar-refractivity contribution is -0.286. The standard InChI is InChI=1S/C13H7F4NO4S/c14-7-1-3-9(15)12(5-7)23(19,20)18-8-2-4-10-11(6-8)22-13(16,17)21-10/h1-6,18H. The van der Waals surface area contributed by atoms with E-state index in [9.17, 15) is 26.0 Å². The number of ether oxygens (including phenoxy) is 2. The molecule has 1 heterocycles. The highest BCUT2D eigenvalue weighted by atomic mass is 32.2. The monoisotopic (exact) mass is 349 g/mol. The van der Waals surface area contributed by atoms with Gasteiger partial charge in [-0.25, -0.2) is 17.2 Å². The second-order valence-electron chi connectivity index (χ2n) is 4.51. The summed E-state index contributed by atoms with van der Waals surface area (Å²) >= 11 is 0. The number of sulfonamides is 1. The minimum Gasteiger partial charge on any atom is -0.395 e. The Hall–Kier alpha value is -2.49. The summed E-state index contributed by atoms with van der Waals surface area (Å²) in [6, 6.07) is 5.01. The molecule has 0 bridgehead atoms. The quantitative estimate of drug-likeness (QED) is 0.865. The minimum atomic E-state index is -4.46. The largest absolute Gasteiger partial charge is 0.586 e. The van der Waals surface area contributed by atoms with E-state index in [1.165, 1.54) is 0 Å². The molecule has 0 aliphatic carbocycles. The van der Waals surface area contributed by atoms with Gasteiger partial charge in [-0.2, -0.15) is 0 Å². The summed E-state index contributed by atoms with van der Waals surface area (Å²) < 4.78 is 86.9. The third-order valence-corrected chi connectivity index (χ3v) is 4.23. The van der Waals surface area contributed by atoms with E-state index in [-0.39, 0.29) is 11.4 Å². The number of alkyl halides is 2. The lowest BCUT2D eigenvalue weighted by Crippen LogP contribution is -2.25. The molecule has 0 saturated carbocycles. The molecule has 0 atom stereocenters. The lowest BCUT2D eigenvalue weighted by atomic mass is 10.3. The summed E-state index contributed by atoms with van der Waals surface area (Å²) in [5, 5.41) is 0. The average Bonchev–Trinajstić information content (AvgIpc) is 2.74. The Balaban J connectivity index is 1.92. The van der Waals surface area contributed by atoms with Crippen molar-refractivity contribution in [3.05, 3.63) is 48.0 Å². The molecule has 0 fully saturated rings. The number of hydrogen-bond acceptors (Lipinski definition) is 4. The highest BCUT2D eigenvalue weighted by Gasteiger charge is 2.43. The summed E-state index contributed by atoms with van der Waals surface area (Å²) in [6.45, 7) is 0. The van der Waals surface area contributed by atoms with Gasteiger partial charge in [-0.1, -0.05) is 0 Å². The topological polar surface area (TPSA) is 64.6 Å². The van der Waals surface area contributed by atoms with Crippen molar-refractivity contribution in [1.82, 2.24) is 0 Å². The van der Waals surface area contributed by atoms with Crippen LogP contribution >= 0.6 is 0 Å². The molecule has 2 aromatic carbocycles. The molecule has 1 aliphatic heterocycles. The maximum absolute atomic E-state index is 13.6. The van der Waals surface area contributed by atoms with E-state index in [0.29, 0.717) is 12.1 Å². The fourth-order valence-corrected chi connectivity index (χ4v) is 3.05. The average molecular weight is 349 g/mol. The zero-order valence-electron chi connectivity index (χ0n) is 11.0. The molecule has 0 aromatic heterocycles. The Morgan fingerprint density at radius 2 is 1.65 bits per heavy atom. The summed E-state index contributed by atoms with van der Waals surface area (Å²) in [5.74, 6) is -2.78. The zero-order chi connectivity index (χ0) is 16.8. The van der Waals surface area contributed by atoms with Gasteiger partial charge in [0.05, 0.1) is 5.69 Å². The fourth-order valence-electron chi connectivity index (χ4n) is 1.91. The first kappa shape index (κ1) is 15.4. The van der Waals surface area contributed by atoms with Gasteiger partial charge in [0.25, 0.3) is 10.0 Å². The molecule has 0 spiro atoms. The number of halogens is 4. The molecule has 0 radical (unpaired) electrons. The fraction of sp³-hybridized carbons (Fsp3) is 0.0769. The minimum absolute atomic E-state index is 0.186. The second kappa shape index (κ2) is 5.01. The van der Waals surface area contributed by atoms with Gasteiger partial charge in [0.2, 0.25) is 0 Å². The van der Waals surface area contributed by atoms with Crippen LogP contribution in [0.3, 0.4) is 0 Å². The molecule has 23 heavy (non-hydrogen) atoms. The first-order valence-corrected chi connectivity index (χ1v) is 7.52. The van der Waals surface area contributed by atoms with Gasteiger partial charge >= 0.3 is 6.29 Å². The first-order valence-electron chi connectivity index (χ1n) is 6.04. The molecular formula is C13H7F4NO4S. The van der Waals surface area contributed by atoms with Crippen LogP contribution in [0, 0.1) is 11.6 Å². The summed E-state index contributed by atoms with van der Waals surface area (Å²) in [6.07, 6.45) is -3.85. The summed E-state index contributed by atoms with van der Waals surface area (Å²) in [4.78, 5) is -0.916. The zero-order valence-corrected chi connectivity index (χ0v) is 11.8. The van der Waals surface area contributed by atoms with E-state index in [1.54, 1.807) is 0 Å². The van der Waals surface area contributed by atoms with Crippen molar-refractivity contribution in [3.63, 3.8) is 0 Å². The van der Waals surface area contributed by atoms with Crippen molar-refractivity contribution in [1.29, 1.82) is 0 Å². The number of nitrogens with one attached hydrogen (secondary N) is 1. The second-order valence-corrected chi connectivity index (χ2v) is 6.16. The molecule has 10 heteroatoms. The van der Waals surface area contributed by atoms with E-state index in [4.69, 9.17) is 0 Å². The van der Waals surface area contributed by atoms with Crippen molar-refractivity contribution in [3.8, 4) is 11.5 Å². The Labute approximate surface area is 127 Å². The molecule has 5 nitrogen and oxygen atoms in total. The van der Waals surface area contributed by atoms with Gasteiger partial charge < -0.3 is 9.47 Å². The molecule has 3 rings (SSSR count). The highest BCUT2D eigenvalue weighted by molar-refractivity contribution is 7.92. The predicted molar refractivity (Wildman–Crippen MR) is 69.8 cm³/mol. The van der Waals surface area contributed by atoms with Gasteiger partial charge in [0.15, 0.2) is 11.5 Å². The van der Waals surface area contributed by atoms with Crippen molar-refractivity contribution in [2.75, 3.05) is 4.72 Å². The van der Waals surface area contributed by atoms with Crippen LogP contribution in [0.2, 0.25) is 0 Å². The molecule has 0 amide bonds. The maximum Gasteiger partial charge on any atom is 0.586 e. The normalized spacial score (nSPS) is 15.5. The summed E-state index contributed by atoms with van der Waals surface area (Å²) in [7, 11) is -4.46. The SMILES string of the molecule is O=S(=O)(Nc1ccc2c(c1)OC(F)(F)O2)c1cc(F)ccc1F. The smallest absolute Gasteiger partial charge is 0.395 e. The van der Waals surface area contributed by atoms with Gasteiger partial charge in [-0.05, 0) is 30.3 Å². The van der Waals surface area contributed by atoms with Crippen LogP contribution in [0.5, 0.6) is 11.5 Å². The Bertz CT molecular complexity index is 886. The molecule has 122 valence electrons. The highest BCUT2D eigenvalue weighted by Crippen LogP contribution is 2.42. The van der Waals surface area contributed by atoms with Crippen LogP contribution in [0.4, 0.5) is 23.2 Å². The van der Waals surface area contributed by atoms with Crippen LogP contribution in [0.1, 0.15) is 0 Å². The molecule has 1 aliphatic rings. The van der Waals surface area contributed by atoms with E-state index in [0.717, 1.165) is 24.3 Å². The van der Waals surface area contributed by atoms with Crippen LogP contribution in [0.25, 0.3) is 0 Å². The Morgan fingerprint density at radius 1 is 0.957 bits per heavy atom. The Kier molecular flexibility index (Phi) is 3.36. The van der Waals surface area contributed by atoms with Crippen molar-refractivity contribution in [2.24, 2.45) is 0 Å². The Morgan fingerprint density at radius 3 is 2.39 bits per heavy atom. The molecule has 2 aromatic rings. The maximum atomic E-state index is 13.6. The third-order valence-electron chi connectivity index (χ3n) is 2.84. The van der Waals surface area contributed by atoms with Gasteiger partial charge in [-0.3, -0.25) is 4.72 Å². The van der Waals surface area contributed by atoms with E-state index in [1.807, 2.05) is 4.72 Å². The predicted octanol–water partition coefficient (Wildman–Crippen LogP) is 3.09. The number of rotatable bonds is 3. The van der Waals surface area contributed by atoms with E-state index < -0.39 is 38.6 Å². The van der Waals surface area contributed by atoms with Gasteiger partial charge in [-0.15, -0.1) is 8.78 Å². The first-order chi connectivity index (χ1) is 10.7.